The maximum atomic E-state index is 13.8. The van der Waals surface area contributed by atoms with E-state index in [9.17, 15) is 9.59 Å². The van der Waals surface area contributed by atoms with E-state index in [4.69, 9.17) is 4.42 Å². The predicted octanol–water partition coefficient (Wildman–Crippen LogP) is 5.24. The molecule has 1 aliphatic carbocycles. The highest BCUT2D eigenvalue weighted by Crippen LogP contribution is 2.34. The molecule has 0 radical (unpaired) electrons. The summed E-state index contributed by atoms with van der Waals surface area (Å²) in [6, 6.07) is 7.71. The summed E-state index contributed by atoms with van der Waals surface area (Å²) in [6.07, 6.45) is 10.6. The van der Waals surface area contributed by atoms with Crippen molar-refractivity contribution in [3.8, 4) is 11.5 Å². The van der Waals surface area contributed by atoms with Crippen molar-refractivity contribution in [2.24, 2.45) is 5.92 Å². The van der Waals surface area contributed by atoms with Crippen molar-refractivity contribution in [1.29, 1.82) is 0 Å². The Morgan fingerprint density at radius 1 is 1.12 bits per heavy atom. The van der Waals surface area contributed by atoms with E-state index in [1.54, 1.807) is 6.26 Å². The molecule has 1 saturated carbocycles. The molecule has 0 spiro atoms. The van der Waals surface area contributed by atoms with E-state index in [1.165, 1.54) is 19.3 Å². The van der Waals surface area contributed by atoms with Crippen molar-refractivity contribution in [2.45, 2.75) is 90.3 Å². The van der Waals surface area contributed by atoms with Crippen molar-refractivity contribution in [3.63, 3.8) is 0 Å². The molecule has 4 rings (SSSR count). The Hall–Kier alpha value is -2.50. The minimum Gasteiger partial charge on any atom is -0.463 e. The van der Waals surface area contributed by atoms with Gasteiger partial charge in [0.1, 0.15) is 17.0 Å². The number of hydrogen-bond acceptors (Lipinski definition) is 3. The van der Waals surface area contributed by atoms with Gasteiger partial charge in [-0.25, -0.2) is 0 Å². The molecule has 2 aliphatic rings. The maximum absolute atomic E-state index is 13.8. The van der Waals surface area contributed by atoms with E-state index in [0.29, 0.717) is 30.5 Å². The monoisotopic (exact) mass is 439 g/mol. The van der Waals surface area contributed by atoms with Crippen molar-refractivity contribution in [3.05, 3.63) is 36.2 Å². The van der Waals surface area contributed by atoms with Crippen LogP contribution in [0, 0.1) is 5.92 Å². The van der Waals surface area contributed by atoms with Gasteiger partial charge < -0.3 is 19.2 Å². The van der Waals surface area contributed by atoms with Crippen molar-refractivity contribution in [1.82, 2.24) is 14.8 Å². The van der Waals surface area contributed by atoms with Gasteiger partial charge in [0.05, 0.1) is 18.5 Å². The number of hydrogen-bond donors (Lipinski definition) is 1. The summed E-state index contributed by atoms with van der Waals surface area (Å²) in [5.41, 5.74) is 0.519. The summed E-state index contributed by atoms with van der Waals surface area (Å²) in [6.45, 7) is 7.23. The molecule has 1 fully saturated rings. The minimum atomic E-state index is -0.943. The normalized spacial score (nSPS) is 22.5. The summed E-state index contributed by atoms with van der Waals surface area (Å²) >= 11 is 0. The molecule has 1 aliphatic heterocycles. The highest BCUT2D eigenvalue weighted by molar-refractivity contribution is 6.00. The average Bonchev–Trinajstić information content (AvgIpc) is 3.39. The Kier molecular flexibility index (Phi) is 6.77. The van der Waals surface area contributed by atoms with Crippen LogP contribution >= 0.6 is 0 Å². The number of carbonyl (C=O) groups is 2. The molecule has 1 atom stereocenters. The summed E-state index contributed by atoms with van der Waals surface area (Å²) in [4.78, 5) is 29.2. The SMILES string of the molecule is CC(C)CCN1C(=O)c2ccc(-c3ccco3)n2C[C@]1(C)C(=O)NC1CCCCCCC1. The third-order valence-corrected chi connectivity index (χ3v) is 7.14. The molecular weight excluding hydrogens is 402 g/mol. The second-order valence-corrected chi connectivity index (χ2v) is 10.1. The molecular formula is C26H37N3O3. The van der Waals surface area contributed by atoms with Gasteiger partial charge in [-0.2, -0.15) is 0 Å². The standard InChI is InChI=1S/C26H37N3O3/c1-19(2)15-16-29-24(30)22-14-13-21(23-12-9-17-32-23)28(22)18-26(29,3)25(31)27-20-10-7-5-4-6-8-11-20/h9,12-14,17,19-20H,4-8,10-11,15-16,18H2,1-3H3,(H,27,31)/t26-/m1/s1. The fraction of sp³-hybridized carbons (Fsp3) is 0.615. The lowest BCUT2D eigenvalue weighted by Crippen LogP contribution is -2.65. The molecule has 2 amide bonds. The molecule has 6 nitrogen and oxygen atoms in total. The van der Waals surface area contributed by atoms with E-state index < -0.39 is 5.54 Å². The molecule has 0 aromatic carbocycles. The molecule has 2 aromatic rings. The van der Waals surface area contributed by atoms with Crippen LogP contribution in [0.15, 0.2) is 34.9 Å². The van der Waals surface area contributed by atoms with Crippen molar-refractivity contribution < 1.29 is 14.0 Å². The van der Waals surface area contributed by atoms with Crippen molar-refractivity contribution >= 4 is 11.8 Å². The highest BCUT2D eigenvalue weighted by atomic mass is 16.3. The van der Waals surface area contributed by atoms with Crippen LogP contribution in [0.2, 0.25) is 0 Å². The van der Waals surface area contributed by atoms with Crippen LogP contribution in [0.1, 0.15) is 82.6 Å². The number of nitrogens with zero attached hydrogens (tertiary/aromatic N) is 2. The van der Waals surface area contributed by atoms with Crippen molar-refractivity contribution in [2.75, 3.05) is 6.54 Å². The number of aromatic nitrogens is 1. The Balaban J connectivity index is 1.64. The zero-order chi connectivity index (χ0) is 22.7. The zero-order valence-electron chi connectivity index (χ0n) is 19.7. The van der Waals surface area contributed by atoms with E-state index >= 15 is 0 Å². The first kappa shape index (κ1) is 22.7. The summed E-state index contributed by atoms with van der Waals surface area (Å²) in [5, 5.41) is 3.34. The molecule has 1 N–H and O–H groups in total. The van der Waals surface area contributed by atoms with Crippen LogP contribution in [0.3, 0.4) is 0 Å². The third kappa shape index (κ3) is 4.50. The number of amides is 2. The Bertz CT molecular complexity index is 922. The first-order valence-electron chi connectivity index (χ1n) is 12.3. The number of furan rings is 1. The zero-order valence-corrected chi connectivity index (χ0v) is 19.7. The molecule has 0 unspecified atom stereocenters. The molecule has 6 heteroatoms. The Labute approximate surface area is 191 Å². The Morgan fingerprint density at radius 3 is 2.47 bits per heavy atom. The second kappa shape index (κ2) is 9.55. The maximum Gasteiger partial charge on any atom is 0.271 e. The van der Waals surface area contributed by atoms with Gasteiger partial charge in [0, 0.05) is 12.6 Å². The third-order valence-electron chi connectivity index (χ3n) is 7.14. The number of rotatable bonds is 6. The van der Waals surface area contributed by atoms with E-state index in [-0.39, 0.29) is 17.9 Å². The lowest BCUT2D eigenvalue weighted by molar-refractivity contribution is -0.133. The van der Waals surface area contributed by atoms with E-state index in [2.05, 4.69) is 19.2 Å². The molecule has 3 heterocycles. The smallest absolute Gasteiger partial charge is 0.271 e. The van der Waals surface area contributed by atoms with Gasteiger partial charge in [0.15, 0.2) is 0 Å². The molecule has 174 valence electrons. The van der Waals surface area contributed by atoms with Crippen LogP contribution in [-0.4, -0.2) is 39.4 Å². The largest absolute Gasteiger partial charge is 0.463 e. The van der Waals surface area contributed by atoms with E-state index in [0.717, 1.165) is 37.8 Å². The van der Waals surface area contributed by atoms with Crippen LogP contribution in [0.5, 0.6) is 0 Å². The highest BCUT2D eigenvalue weighted by Gasteiger charge is 2.48. The fourth-order valence-corrected chi connectivity index (χ4v) is 5.09. The molecule has 2 aromatic heterocycles. The topological polar surface area (TPSA) is 67.5 Å². The Morgan fingerprint density at radius 2 is 1.81 bits per heavy atom. The number of fused-ring (bicyclic) bond motifs is 1. The summed E-state index contributed by atoms with van der Waals surface area (Å²) in [5.74, 6) is 1.05. The lowest BCUT2D eigenvalue weighted by Gasteiger charge is -2.45. The van der Waals surface area contributed by atoms with Crippen LogP contribution < -0.4 is 5.32 Å². The van der Waals surface area contributed by atoms with Crippen LogP contribution in [0.4, 0.5) is 0 Å². The fourth-order valence-electron chi connectivity index (χ4n) is 5.09. The first-order chi connectivity index (χ1) is 15.4. The molecule has 32 heavy (non-hydrogen) atoms. The first-order valence-corrected chi connectivity index (χ1v) is 12.3. The number of nitrogens with one attached hydrogen (secondary N) is 1. The van der Waals surface area contributed by atoms with Gasteiger partial charge >= 0.3 is 0 Å². The van der Waals surface area contributed by atoms with Crippen LogP contribution in [0.25, 0.3) is 11.5 Å². The van der Waals surface area contributed by atoms with Gasteiger partial charge in [0.25, 0.3) is 5.91 Å². The van der Waals surface area contributed by atoms with E-state index in [1.807, 2.05) is 40.7 Å². The van der Waals surface area contributed by atoms with Crippen LogP contribution in [-0.2, 0) is 11.3 Å². The molecule has 0 bridgehead atoms. The second-order valence-electron chi connectivity index (χ2n) is 10.1. The van der Waals surface area contributed by atoms with Gasteiger partial charge in [0.2, 0.25) is 5.91 Å². The molecule has 0 saturated heterocycles. The van der Waals surface area contributed by atoms with Gasteiger partial charge in [-0.15, -0.1) is 0 Å². The predicted molar refractivity (Wildman–Crippen MR) is 125 cm³/mol. The quantitative estimate of drug-likeness (QED) is 0.669. The van der Waals surface area contributed by atoms with Gasteiger partial charge in [-0.1, -0.05) is 46.0 Å². The lowest BCUT2D eigenvalue weighted by atomic mass is 9.91. The number of carbonyl (C=O) groups excluding carboxylic acids is 2. The van der Waals surface area contributed by atoms with Gasteiger partial charge in [-0.3, -0.25) is 9.59 Å². The minimum absolute atomic E-state index is 0.0371. The summed E-state index contributed by atoms with van der Waals surface area (Å²) < 4.78 is 7.58. The summed E-state index contributed by atoms with van der Waals surface area (Å²) in [7, 11) is 0. The average molecular weight is 440 g/mol. The van der Waals surface area contributed by atoms with Gasteiger partial charge in [-0.05, 0) is 56.4 Å².